The van der Waals surface area contributed by atoms with E-state index in [1.54, 1.807) is 22.2 Å². The molecule has 0 spiro atoms. The third-order valence-corrected chi connectivity index (χ3v) is 4.99. The average Bonchev–Trinajstić information content (AvgIpc) is 3.37. The monoisotopic (exact) mass is 369 g/mol. The van der Waals surface area contributed by atoms with E-state index in [0.29, 0.717) is 37.6 Å². The van der Waals surface area contributed by atoms with Gasteiger partial charge in [0.2, 0.25) is 0 Å². The molecule has 2 aromatic heterocycles. The highest BCUT2D eigenvalue weighted by Crippen LogP contribution is 2.27. The van der Waals surface area contributed by atoms with E-state index in [4.69, 9.17) is 9.47 Å². The van der Waals surface area contributed by atoms with E-state index >= 15 is 0 Å². The number of para-hydroxylation sites is 1. The van der Waals surface area contributed by atoms with Crippen molar-refractivity contribution in [1.82, 2.24) is 15.1 Å². The maximum Gasteiger partial charge on any atom is 0.255 e. The number of nitrogens with one attached hydrogen (secondary N) is 1. The van der Waals surface area contributed by atoms with Crippen molar-refractivity contribution in [2.45, 2.75) is 6.10 Å². The van der Waals surface area contributed by atoms with Crippen molar-refractivity contribution in [3.05, 3.63) is 59.6 Å². The Morgan fingerprint density at radius 2 is 2.12 bits per heavy atom. The third-order valence-electron chi connectivity index (χ3n) is 4.11. The van der Waals surface area contributed by atoms with Crippen LogP contribution in [0, 0.1) is 0 Å². The summed E-state index contributed by atoms with van der Waals surface area (Å²) in [5.41, 5.74) is 2.14. The van der Waals surface area contributed by atoms with Gasteiger partial charge in [-0.3, -0.25) is 4.79 Å². The normalized spacial score (nSPS) is 17.2. The predicted molar refractivity (Wildman–Crippen MR) is 99.8 cm³/mol. The van der Waals surface area contributed by atoms with Crippen LogP contribution in [0.5, 0.6) is 0 Å². The fourth-order valence-electron chi connectivity index (χ4n) is 2.80. The van der Waals surface area contributed by atoms with Crippen LogP contribution < -0.4 is 5.32 Å². The lowest BCUT2D eigenvalue weighted by molar-refractivity contribution is -0.0855. The standard InChI is InChI=1S/C19H19N3O3S/c23-19(20-11-15-13-24-8-9-25-15)16-12-22(14-5-2-1-3-6-14)21-18(16)17-7-4-10-26-17/h1-7,10,12,15H,8-9,11,13H2,(H,20,23)/t15-/m0/s1. The summed E-state index contributed by atoms with van der Waals surface area (Å²) < 4.78 is 12.7. The Bertz CT molecular complexity index is 856. The number of ether oxygens (including phenoxy) is 2. The average molecular weight is 369 g/mol. The molecular weight excluding hydrogens is 350 g/mol. The zero-order valence-electron chi connectivity index (χ0n) is 14.1. The van der Waals surface area contributed by atoms with Gasteiger partial charge < -0.3 is 14.8 Å². The van der Waals surface area contributed by atoms with E-state index in [9.17, 15) is 4.79 Å². The van der Waals surface area contributed by atoms with Crippen LogP contribution in [0.3, 0.4) is 0 Å². The van der Waals surface area contributed by atoms with Gasteiger partial charge in [-0.2, -0.15) is 5.10 Å². The zero-order valence-corrected chi connectivity index (χ0v) is 14.9. The van der Waals surface area contributed by atoms with Gasteiger partial charge in [-0.15, -0.1) is 11.3 Å². The molecule has 1 aliphatic rings. The summed E-state index contributed by atoms with van der Waals surface area (Å²) in [7, 11) is 0. The summed E-state index contributed by atoms with van der Waals surface area (Å²) in [4.78, 5) is 13.8. The maximum absolute atomic E-state index is 12.8. The van der Waals surface area contributed by atoms with Crippen molar-refractivity contribution in [3.8, 4) is 16.3 Å². The minimum absolute atomic E-state index is 0.109. The van der Waals surface area contributed by atoms with Gasteiger partial charge in [0.1, 0.15) is 5.69 Å². The van der Waals surface area contributed by atoms with Crippen LogP contribution in [-0.4, -0.2) is 48.2 Å². The molecule has 1 N–H and O–H groups in total. The molecule has 134 valence electrons. The second-order valence-corrected chi connectivity index (χ2v) is 6.87. The molecule has 1 aliphatic heterocycles. The van der Waals surface area contributed by atoms with Crippen molar-refractivity contribution < 1.29 is 14.3 Å². The third kappa shape index (κ3) is 3.70. The van der Waals surface area contributed by atoms with E-state index in [1.807, 2.05) is 47.8 Å². The maximum atomic E-state index is 12.8. The van der Waals surface area contributed by atoms with Crippen LogP contribution in [-0.2, 0) is 9.47 Å². The van der Waals surface area contributed by atoms with Gasteiger partial charge in [0.25, 0.3) is 5.91 Å². The molecule has 7 heteroatoms. The molecule has 6 nitrogen and oxygen atoms in total. The number of thiophene rings is 1. The lowest BCUT2D eigenvalue weighted by Gasteiger charge is -2.22. The van der Waals surface area contributed by atoms with E-state index in [1.165, 1.54) is 0 Å². The predicted octanol–water partition coefficient (Wildman–Crippen LogP) is 2.75. The number of carbonyl (C=O) groups is 1. The molecule has 1 aromatic carbocycles. The van der Waals surface area contributed by atoms with E-state index in [2.05, 4.69) is 10.4 Å². The van der Waals surface area contributed by atoms with Crippen LogP contribution in [0.1, 0.15) is 10.4 Å². The number of hydrogen-bond acceptors (Lipinski definition) is 5. The lowest BCUT2D eigenvalue weighted by Crippen LogP contribution is -2.39. The van der Waals surface area contributed by atoms with E-state index in [0.717, 1.165) is 10.6 Å². The summed E-state index contributed by atoms with van der Waals surface area (Å²) in [6.07, 6.45) is 1.67. The van der Waals surface area contributed by atoms with Crippen molar-refractivity contribution in [3.63, 3.8) is 0 Å². The number of benzene rings is 1. The highest BCUT2D eigenvalue weighted by Gasteiger charge is 2.21. The number of rotatable bonds is 5. The summed E-state index contributed by atoms with van der Waals surface area (Å²) in [5, 5.41) is 9.57. The van der Waals surface area contributed by atoms with Crippen molar-refractivity contribution in [2.24, 2.45) is 0 Å². The number of hydrogen-bond donors (Lipinski definition) is 1. The molecule has 0 radical (unpaired) electrons. The molecular formula is C19H19N3O3S. The van der Waals surface area contributed by atoms with Crippen LogP contribution in [0.2, 0.25) is 0 Å². The number of amides is 1. The minimum atomic E-state index is -0.162. The highest BCUT2D eigenvalue weighted by atomic mass is 32.1. The Hall–Kier alpha value is -2.48. The molecule has 0 saturated carbocycles. The Morgan fingerprint density at radius 3 is 2.85 bits per heavy atom. The molecule has 1 atom stereocenters. The molecule has 1 saturated heterocycles. The fourth-order valence-corrected chi connectivity index (χ4v) is 3.53. The number of carbonyl (C=O) groups excluding carboxylic acids is 1. The Balaban J connectivity index is 1.59. The molecule has 0 bridgehead atoms. The first-order valence-corrected chi connectivity index (χ1v) is 9.36. The molecule has 1 amide bonds. The topological polar surface area (TPSA) is 65.4 Å². The van der Waals surface area contributed by atoms with Crippen LogP contribution in [0.4, 0.5) is 0 Å². The van der Waals surface area contributed by atoms with Gasteiger partial charge in [0, 0.05) is 12.7 Å². The van der Waals surface area contributed by atoms with Crippen molar-refractivity contribution in [2.75, 3.05) is 26.4 Å². The van der Waals surface area contributed by atoms with Gasteiger partial charge in [-0.25, -0.2) is 4.68 Å². The first-order valence-electron chi connectivity index (χ1n) is 8.48. The summed E-state index contributed by atoms with van der Waals surface area (Å²) in [6, 6.07) is 13.7. The number of aromatic nitrogens is 2. The van der Waals surface area contributed by atoms with E-state index < -0.39 is 0 Å². The second-order valence-electron chi connectivity index (χ2n) is 5.93. The molecule has 3 heterocycles. The Labute approximate surface area is 155 Å². The van der Waals surface area contributed by atoms with E-state index in [-0.39, 0.29) is 12.0 Å². The van der Waals surface area contributed by atoms with Gasteiger partial charge in [-0.1, -0.05) is 24.3 Å². The quantitative estimate of drug-likeness (QED) is 0.751. The van der Waals surface area contributed by atoms with Gasteiger partial charge in [0.05, 0.1) is 42.1 Å². The highest BCUT2D eigenvalue weighted by molar-refractivity contribution is 7.13. The van der Waals surface area contributed by atoms with Crippen LogP contribution in [0.15, 0.2) is 54.0 Å². The zero-order chi connectivity index (χ0) is 17.8. The lowest BCUT2D eigenvalue weighted by atomic mass is 10.2. The first-order chi connectivity index (χ1) is 12.8. The summed E-state index contributed by atoms with van der Waals surface area (Å²) >= 11 is 1.56. The summed E-state index contributed by atoms with van der Waals surface area (Å²) in [6.45, 7) is 2.09. The van der Waals surface area contributed by atoms with Gasteiger partial charge in [-0.05, 0) is 23.6 Å². The molecule has 0 unspecified atom stereocenters. The Kier molecular flexibility index (Phi) is 5.10. The first kappa shape index (κ1) is 17.0. The summed E-state index contributed by atoms with van der Waals surface area (Å²) in [5.74, 6) is -0.162. The largest absolute Gasteiger partial charge is 0.376 e. The number of nitrogens with zero attached hydrogens (tertiary/aromatic N) is 2. The van der Waals surface area contributed by atoms with Gasteiger partial charge in [0.15, 0.2) is 0 Å². The molecule has 1 fully saturated rings. The fraction of sp³-hybridized carbons (Fsp3) is 0.263. The molecule has 4 rings (SSSR count). The van der Waals surface area contributed by atoms with Crippen LogP contribution in [0.25, 0.3) is 16.3 Å². The molecule has 3 aromatic rings. The Morgan fingerprint density at radius 1 is 1.23 bits per heavy atom. The smallest absolute Gasteiger partial charge is 0.255 e. The van der Waals surface area contributed by atoms with Crippen LogP contribution >= 0.6 is 11.3 Å². The van der Waals surface area contributed by atoms with Gasteiger partial charge >= 0.3 is 0 Å². The van der Waals surface area contributed by atoms with Crippen molar-refractivity contribution >= 4 is 17.2 Å². The minimum Gasteiger partial charge on any atom is -0.376 e. The second kappa shape index (κ2) is 7.82. The van der Waals surface area contributed by atoms with Crippen molar-refractivity contribution in [1.29, 1.82) is 0 Å². The molecule has 26 heavy (non-hydrogen) atoms. The molecule has 0 aliphatic carbocycles. The SMILES string of the molecule is O=C(NC[C@H]1COCCO1)c1cn(-c2ccccc2)nc1-c1cccs1.